The smallest absolute Gasteiger partial charge is 0.322 e. The number of carbonyl (C=O) groups excluding carboxylic acids is 1. The molecule has 2 N–H and O–H groups in total. The molecule has 1 aliphatic rings. The van der Waals surface area contributed by atoms with Crippen LogP contribution in [-0.2, 0) is 7.05 Å². The Bertz CT molecular complexity index is 498. The van der Waals surface area contributed by atoms with Gasteiger partial charge in [-0.05, 0) is 25.0 Å². The van der Waals surface area contributed by atoms with Crippen molar-refractivity contribution < 1.29 is 9.90 Å². The predicted octanol–water partition coefficient (Wildman–Crippen LogP) is 0.374. The number of aliphatic hydroxyl groups is 1. The molecule has 2 amide bonds. The maximum atomic E-state index is 12.0. The number of aromatic nitrogens is 1. The van der Waals surface area contributed by atoms with Gasteiger partial charge >= 0.3 is 6.03 Å². The van der Waals surface area contributed by atoms with E-state index in [2.05, 4.69) is 5.32 Å². The number of aryl methyl sites for hydroxylation is 1. The molecule has 1 aromatic rings. The monoisotopic (exact) mass is 251 g/mol. The lowest BCUT2D eigenvalue weighted by Crippen LogP contribution is -2.41. The largest absolute Gasteiger partial charge is 0.394 e. The standard InChI is InChI=1S/C12H17N3O3/c1-14-6-3-5-10(11(14)17)13-12(18)15-7-2-4-9(15)8-16/h3,5-6,9,16H,2,4,7-8H2,1H3,(H,13,18). The summed E-state index contributed by atoms with van der Waals surface area (Å²) in [7, 11) is 1.63. The summed E-state index contributed by atoms with van der Waals surface area (Å²) in [5.41, 5.74) is 0.0131. The van der Waals surface area contributed by atoms with Gasteiger partial charge in [0.15, 0.2) is 0 Å². The summed E-state index contributed by atoms with van der Waals surface area (Å²) >= 11 is 0. The first-order valence-electron chi connectivity index (χ1n) is 5.97. The molecule has 2 rings (SSSR count). The van der Waals surface area contributed by atoms with Crippen LogP contribution in [0.4, 0.5) is 10.5 Å². The maximum Gasteiger partial charge on any atom is 0.322 e. The molecule has 0 bridgehead atoms. The highest BCUT2D eigenvalue weighted by Crippen LogP contribution is 2.17. The number of nitrogens with zero attached hydrogens (tertiary/aromatic N) is 2. The van der Waals surface area contributed by atoms with E-state index < -0.39 is 0 Å². The predicted molar refractivity (Wildman–Crippen MR) is 67.5 cm³/mol. The van der Waals surface area contributed by atoms with E-state index in [1.807, 2.05) is 0 Å². The molecule has 0 radical (unpaired) electrons. The van der Waals surface area contributed by atoms with E-state index in [0.29, 0.717) is 6.54 Å². The molecular formula is C12H17N3O3. The summed E-state index contributed by atoms with van der Waals surface area (Å²) < 4.78 is 1.41. The first-order valence-corrected chi connectivity index (χ1v) is 5.97. The lowest BCUT2D eigenvalue weighted by atomic mass is 10.2. The van der Waals surface area contributed by atoms with Crippen LogP contribution in [-0.4, -0.2) is 39.8 Å². The quantitative estimate of drug-likeness (QED) is 0.797. The normalized spacial score (nSPS) is 19.0. The minimum atomic E-state index is -0.324. The van der Waals surface area contributed by atoms with Crippen molar-refractivity contribution in [3.63, 3.8) is 0 Å². The minimum Gasteiger partial charge on any atom is -0.394 e. The Kier molecular flexibility index (Phi) is 3.66. The molecular weight excluding hydrogens is 234 g/mol. The molecule has 6 heteroatoms. The highest BCUT2D eigenvalue weighted by Gasteiger charge is 2.28. The van der Waals surface area contributed by atoms with E-state index in [0.717, 1.165) is 12.8 Å². The van der Waals surface area contributed by atoms with Gasteiger partial charge in [0.1, 0.15) is 5.69 Å². The zero-order valence-electron chi connectivity index (χ0n) is 10.3. The molecule has 1 aliphatic heterocycles. The highest BCUT2D eigenvalue weighted by atomic mass is 16.3. The van der Waals surface area contributed by atoms with Gasteiger partial charge in [0.05, 0.1) is 12.6 Å². The van der Waals surface area contributed by atoms with Gasteiger partial charge in [0.2, 0.25) is 0 Å². The molecule has 2 heterocycles. The van der Waals surface area contributed by atoms with E-state index >= 15 is 0 Å². The number of nitrogens with one attached hydrogen (secondary N) is 1. The van der Waals surface area contributed by atoms with Crippen molar-refractivity contribution in [1.82, 2.24) is 9.47 Å². The zero-order valence-corrected chi connectivity index (χ0v) is 10.3. The van der Waals surface area contributed by atoms with E-state index in [4.69, 9.17) is 5.11 Å². The first-order chi connectivity index (χ1) is 8.63. The van der Waals surface area contributed by atoms with Gasteiger partial charge in [0, 0.05) is 19.8 Å². The van der Waals surface area contributed by atoms with Gasteiger partial charge < -0.3 is 19.9 Å². The Morgan fingerprint density at radius 3 is 3.11 bits per heavy atom. The van der Waals surface area contributed by atoms with Gasteiger partial charge in [-0.2, -0.15) is 0 Å². The summed E-state index contributed by atoms with van der Waals surface area (Å²) in [4.78, 5) is 25.3. The van der Waals surface area contributed by atoms with Crippen LogP contribution in [0.2, 0.25) is 0 Å². The molecule has 1 aromatic heterocycles. The number of amides is 2. The number of aliphatic hydroxyl groups excluding tert-OH is 1. The van der Waals surface area contributed by atoms with E-state index in [9.17, 15) is 9.59 Å². The van der Waals surface area contributed by atoms with Crippen LogP contribution in [0.15, 0.2) is 23.1 Å². The topological polar surface area (TPSA) is 74.6 Å². The molecule has 0 aliphatic carbocycles. The number of urea groups is 1. The van der Waals surface area contributed by atoms with Crippen LogP contribution < -0.4 is 10.9 Å². The number of carbonyl (C=O) groups is 1. The van der Waals surface area contributed by atoms with Crippen molar-refractivity contribution in [1.29, 1.82) is 0 Å². The molecule has 1 saturated heterocycles. The number of hydrogen-bond acceptors (Lipinski definition) is 3. The van der Waals surface area contributed by atoms with Crippen molar-refractivity contribution >= 4 is 11.7 Å². The van der Waals surface area contributed by atoms with Crippen LogP contribution in [0.3, 0.4) is 0 Å². The molecule has 18 heavy (non-hydrogen) atoms. The average Bonchev–Trinajstić information content (AvgIpc) is 2.83. The summed E-state index contributed by atoms with van der Waals surface area (Å²) in [6, 6.07) is 2.81. The average molecular weight is 251 g/mol. The fourth-order valence-corrected chi connectivity index (χ4v) is 2.17. The van der Waals surface area contributed by atoms with Crippen molar-refractivity contribution in [2.75, 3.05) is 18.5 Å². The molecule has 0 aromatic carbocycles. The number of pyridine rings is 1. The fraction of sp³-hybridized carbons (Fsp3) is 0.500. The Balaban J connectivity index is 2.12. The number of hydrogen-bond donors (Lipinski definition) is 2. The third-order valence-electron chi connectivity index (χ3n) is 3.21. The van der Waals surface area contributed by atoms with E-state index in [1.165, 1.54) is 4.57 Å². The molecule has 0 saturated carbocycles. The SMILES string of the molecule is Cn1cccc(NC(=O)N2CCCC2CO)c1=O. The second kappa shape index (κ2) is 5.22. The van der Waals surface area contributed by atoms with Gasteiger partial charge in [-0.25, -0.2) is 4.79 Å². The first kappa shape index (κ1) is 12.6. The third kappa shape index (κ3) is 2.38. The van der Waals surface area contributed by atoms with Crippen LogP contribution in [0, 0.1) is 0 Å². The van der Waals surface area contributed by atoms with Gasteiger partial charge in [-0.1, -0.05) is 0 Å². The fourth-order valence-electron chi connectivity index (χ4n) is 2.17. The number of anilines is 1. The Morgan fingerprint density at radius 1 is 1.61 bits per heavy atom. The highest BCUT2D eigenvalue weighted by molar-refractivity contribution is 5.89. The van der Waals surface area contributed by atoms with Gasteiger partial charge in [-0.15, -0.1) is 0 Å². The summed E-state index contributed by atoms with van der Waals surface area (Å²) in [5.74, 6) is 0. The summed E-state index contributed by atoms with van der Waals surface area (Å²) in [6.45, 7) is 0.574. The van der Waals surface area contributed by atoms with E-state index in [-0.39, 0.29) is 29.9 Å². The number of rotatable bonds is 2. The van der Waals surface area contributed by atoms with E-state index in [1.54, 1.807) is 30.3 Å². The van der Waals surface area contributed by atoms with Crippen molar-refractivity contribution in [2.45, 2.75) is 18.9 Å². The Labute approximate surface area is 105 Å². The van der Waals surface area contributed by atoms with Crippen molar-refractivity contribution in [2.24, 2.45) is 7.05 Å². The molecule has 6 nitrogen and oxygen atoms in total. The van der Waals surface area contributed by atoms with Gasteiger partial charge in [-0.3, -0.25) is 4.79 Å². The third-order valence-corrected chi connectivity index (χ3v) is 3.21. The zero-order chi connectivity index (χ0) is 13.1. The van der Waals surface area contributed by atoms with Crippen molar-refractivity contribution in [3.05, 3.63) is 28.7 Å². The lowest BCUT2D eigenvalue weighted by Gasteiger charge is -2.23. The maximum absolute atomic E-state index is 12.0. The van der Waals surface area contributed by atoms with Crippen LogP contribution in [0.5, 0.6) is 0 Å². The Morgan fingerprint density at radius 2 is 2.39 bits per heavy atom. The lowest BCUT2D eigenvalue weighted by molar-refractivity contribution is 0.166. The second-order valence-electron chi connectivity index (χ2n) is 4.44. The van der Waals surface area contributed by atoms with Crippen molar-refractivity contribution in [3.8, 4) is 0 Å². The molecule has 1 unspecified atom stereocenters. The minimum absolute atomic E-state index is 0.0414. The molecule has 1 atom stereocenters. The molecule has 98 valence electrons. The number of likely N-dealkylation sites (tertiary alicyclic amines) is 1. The second-order valence-corrected chi connectivity index (χ2v) is 4.44. The van der Waals surface area contributed by atoms with Crippen LogP contribution in [0.25, 0.3) is 0 Å². The summed E-state index contributed by atoms with van der Waals surface area (Å²) in [5, 5.41) is 11.8. The summed E-state index contributed by atoms with van der Waals surface area (Å²) in [6.07, 6.45) is 3.31. The Hall–Kier alpha value is -1.82. The molecule has 1 fully saturated rings. The van der Waals surface area contributed by atoms with Crippen LogP contribution >= 0.6 is 0 Å². The molecule has 0 spiro atoms. The van der Waals surface area contributed by atoms with Gasteiger partial charge in [0.25, 0.3) is 5.56 Å². The van der Waals surface area contributed by atoms with Crippen LogP contribution in [0.1, 0.15) is 12.8 Å².